The third kappa shape index (κ3) is 1.97. The molecule has 4 nitrogen and oxygen atoms in total. The molecule has 1 aromatic rings. The number of hydrogen-bond donors (Lipinski definition) is 2. The van der Waals surface area contributed by atoms with Crippen molar-refractivity contribution in [2.45, 2.75) is 32.2 Å². The Kier molecular flexibility index (Phi) is 3.01. The molecule has 0 bridgehead atoms. The van der Waals surface area contributed by atoms with Gasteiger partial charge >= 0.3 is 0 Å². The molecule has 1 heterocycles. The molecular weight excluding hydrogens is 206 g/mol. The van der Waals surface area contributed by atoms with Crippen LogP contribution in [-0.4, -0.2) is 23.7 Å². The highest BCUT2D eigenvalue weighted by atomic mass is 16.3. The maximum absolute atomic E-state index is 11.8. The van der Waals surface area contributed by atoms with Crippen molar-refractivity contribution in [3.8, 4) is 0 Å². The molecule has 0 spiro atoms. The Balaban J connectivity index is 2.02. The molecule has 1 fully saturated rings. The van der Waals surface area contributed by atoms with Gasteiger partial charge in [-0.1, -0.05) is 13.3 Å². The van der Waals surface area contributed by atoms with Crippen LogP contribution >= 0.6 is 0 Å². The molecule has 2 N–H and O–H groups in total. The van der Waals surface area contributed by atoms with E-state index < -0.39 is 0 Å². The topological polar surface area (TPSA) is 62.5 Å². The number of furan rings is 1. The molecule has 0 aliphatic heterocycles. The summed E-state index contributed by atoms with van der Waals surface area (Å²) in [6.07, 6.45) is 4.39. The van der Waals surface area contributed by atoms with Crippen LogP contribution in [0.2, 0.25) is 0 Å². The summed E-state index contributed by atoms with van der Waals surface area (Å²) in [6.45, 7) is 2.11. The Morgan fingerprint density at radius 2 is 2.56 bits per heavy atom. The highest BCUT2D eigenvalue weighted by Gasteiger charge is 2.39. The second-order valence-electron chi connectivity index (χ2n) is 4.71. The summed E-state index contributed by atoms with van der Waals surface area (Å²) in [4.78, 5) is 11.8. The molecule has 4 heteroatoms. The fraction of sp³-hybridized carbons (Fsp3) is 0.583. The van der Waals surface area contributed by atoms with Gasteiger partial charge in [0, 0.05) is 11.5 Å². The van der Waals surface area contributed by atoms with Gasteiger partial charge in [0.1, 0.15) is 0 Å². The molecule has 1 amide bonds. The molecule has 2 unspecified atom stereocenters. The fourth-order valence-electron chi connectivity index (χ4n) is 2.31. The molecule has 88 valence electrons. The number of carbonyl (C=O) groups is 1. The van der Waals surface area contributed by atoms with Crippen molar-refractivity contribution >= 4 is 5.91 Å². The highest BCUT2D eigenvalue weighted by Crippen LogP contribution is 2.37. The van der Waals surface area contributed by atoms with Gasteiger partial charge in [-0.05, 0) is 25.0 Å². The monoisotopic (exact) mass is 223 g/mol. The number of aliphatic hydroxyl groups is 1. The summed E-state index contributed by atoms with van der Waals surface area (Å²) in [5.41, 5.74) is -0.192. The third-order valence-corrected chi connectivity index (χ3v) is 3.49. The van der Waals surface area contributed by atoms with Crippen LogP contribution in [0.5, 0.6) is 0 Å². The quantitative estimate of drug-likeness (QED) is 0.817. The van der Waals surface area contributed by atoms with Gasteiger partial charge in [-0.15, -0.1) is 0 Å². The first-order valence-electron chi connectivity index (χ1n) is 5.61. The number of amides is 1. The van der Waals surface area contributed by atoms with Crippen LogP contribution in [0, 0.1) is 5.41 Å². The van der Waals surface area contributed by atoms with E-state index >= 15 is 0 Å². The zero-order valence-corrected chi connectivity index (χ0v) is 9.40. The van der Waals surface area contributed by atoms with E-state index in [1.54, 1.807) is 12.1 Å². The number of nitrogens with one attached hydrogen (secondary N) is 1. The van der Waals surface area contributed by atoms with Gasteiger partial charge < -0.3 is 14.8 Å². The maximum Gasteiger partial charge on any atom is 0.287 e. The number of carbonyl (C=O) groups excluding carboxylic acids is 1. The lowest BCUT2D eigenvalue weighted by Gasteiger charge is -2.29. The van der Waals surface area contributed by atoms with Crippen LogP contribution in [0.25, 0.3) is 0 Å². The predicted molar refractivity (Wildman–Crippen MR) is 59.0 cm³/mol. The molecule has 0 radical (unpaired) electrons. The largest absolute Gasteiger partial charge is 0.459 e. The first kappa shape index (κ1) is 11.2. The van der Waals surface area contributed by atoms with E-state index in [2.05, 4.69) is 5.32 Å². The van der Waals surface area contributed by atoms with Crippen molar-refractivity contribution in [3.05, 3.63) is 24.2 Å². The predicted octanol–water partition coefficient (Wildman–Crippen LogP) is 1.56. The molecule has 1 aromatic heterocycles. The normalized spacial score (nSPS) is 29.2. The van der Waals surface area contributed by atoms with Crippen LogP contribution in [-0.2, 0) is 0 Å². The van der Waals surface area contributed by atoms with Crippen molar-refractivity contribution in [1.82, 2.24) is 5.32 Å². The minimum absolute atomic E-state index is 0.0371. The summed E-state index contributed by atoms with van der Waals surface area (Å²) in [6, 6.07) is 3.37. The van der Waals surface area contributed by atoms with Gasteiger partial charge in [0.25, 0.3) is 5.91 Å². The minimum atomic E-state index is -0.198. The second-order valence-corrected chi connectivity index (χ2v) is 4.71. The molecule has 1 aliphatic carbocycles. The lowest BCUT2D eigenvalue weighted by molar-refractivity contribution is 0.0805. The van der Waals surface area contributed by atoms with E-state index in [0.717, 1.165) is 19.3 Å². The lowest BCUT2D eigenvalue weighted by atomic mass is 9.86. The van der Waals surface area contributed by atoms with E-state index in [-0.39, 0.29) is 24.0 Å². The molecular formula is C12H17NO3. The van der Waals surface area contributed by atoms with Gasteiger partial charge in [0.15, 0.2) is 5.76 Å². The Bertz CT molecular complexity index is 360. The Labute approximate surface area is 94.6 Å². The number of rotatable bonds is 3. The smallest absolute Gasteiger partial charge is 0.287 e. The van der Waals surface area contributed by atoms with Gasteiger partial charge in [0.05, 0.1) is 12.9 Å². The van der Waals surface area contributed by atoms with E-state index in [1.165, 1.54) is 6.26 Å². The maximum atomic E-state index is 11.8. The molecule has 2 rings (SSSR count). The molecule has 16 heavy (non-hydrogen) atoms. The van der Waals surface area contributed by atoms with Gasteiger partial charge in [-0.2, -0.15) is 0 Å². The van der Waals surface area contributed by atoms with Gasteiger partial charge in [0.2, 0.25) is 0 Å². The van der Waals surface area contributed by atoms with Crippen LogP contribution < -0.4 is 5.32 Å². The highest BCUT2D eigenvalue weighted by molar-refractivity contribution is 5.91. The summed E-state index contributed by atoms with van der Waals surface area (Å²) < 4.78 is 5.03. The SMILES string of the molecule is CC1(CO)CCCC1NC(=O)c1ccco1. The molecule has 0 saturated heterocycles. The Hall–Kier alpha value is -1.29. The fourth-order valence-corrected chi connectivity index (χ4v) is 2.31. The van der Waals surface area contributed by atoms with E-state index in [4.69, 9.17) is 4.42 Å². The minimum Gasteiger partial charge on any atom is -0.459 e. The second kappa shape index (κ2) is 4.29. The summed E-state index contributed by atoms with van der Waals surface area (Å²) >= 11 is 0. The summed E-state index contributed by atoms with van der Waals surface area (Å²) in [7, 11) is 0. The lowest BCUT2D eigenvalue weighted by Crippen LogP contribution is -2.44. The standard InChI is InChI=1S/C12H17NO3/c1-12(8-14)6-2-5-10(12)13-11(15)9-4-3-7-16-9/h3-4,7,10,14H,2,5-6,8H2,1H3,(H,13,15). The van der Waals surface area contributed by atoms with Gasteiger partial charge in [-0.25, -0.2) is 0 Å². The molecule has 2 atom stereocenters. The summed E-state index contributed by atoms with van der Waals surface area (Å²) in [5, 5.41) is 12.3. The Morgan fingerprint density at radius 3 is 3.19 bits per heavy atom. The van der Waals surface area contributed by atoms with Crippen molar-refractivity contribution in [2.24, 2.45) is 5.41 Å². The van der Waals surface area contributed by atoms with Gasteiger partial charge in [-0.3, -0.25) is 4.79 Å². The van der Waals surface area contributed by atoms with Crippen LogP contribution in [0.1, 0.15) is 36.7 Å². The zero-order chi connectivity index (χ0) is 11.6. The van der Waals surface area contributed by atoms with Crippen molar-refractivity contribution in [1.29, 1.82) is 0 Å². The molecule has 1 saturated carbocycles. The van der Waals surface area contributed by atoms with Crippen LogP contribution in [0.4, 0.5) is 0 Å². The average molecular weight is 223 g/mol. The van der Waals surface area contributed by atoms with Crippen molar-refractivity contribution in [3.63, 3.8) is 0 Å². The molecule has 0 aromatic carbocycles. The number of aliphatic hydroxyl groups excluding tert-OH is 1. The first-order valence-corrected chi connectivity index (χ1v) is 5.61. The first-order chi connectivity index (χ1) is 7.65. The van der Waals surface area contributed by atoms with E-state index in [9.17, 15) is 9.90 Å². The average Bonchev–Trinajstić information content (AvgIpc) is 2.89. The van der Waals surface area contributed by atoms with Crippen molar-refractivity contribution < 1.29 is 14.3 Å². The van der Waals surface area contributed by atoms with Crippen LogP contribution in [0.3, 0.4) is 0 Å². The third-order valence-electron chi connectivity index (χ3n) is 3.49. The Morgan fingerprint density at radius 1 is 1.75 bits per heavy atom. The van der Waals surface area contributed by atoms with Crippen LogP contribution in [0.15, 0.2) is 22.8 Å². The van der Waals surface area contributed by atoms with E-state index in [1.807, 2.05) is 6.92 Å². The summed E-state index contributed by atoms with van der Waals surface area (Å²) in [5.74, 6) is 0.128. The molecule has 1 aliphatic rings. The van der Waals surface area contributed by atoms with E-state index in [0.29, 0.717) is 5.76 Å². The number of hydrogen-bond acceptors (Lipinski definition) is 3. The zero-order valence-electron chi connectivity index (χ0n) is 9.40. The van der Waals surface area contributed by atoms with Crippen molar-refractivity contribution in [2.75, 3.05) is 6.61 Å².